The summed E-state index contributed by atoms with van der Waals surface area (Å²) in [6.45, 7) is 1.98. The van der Waals surface area contributed by atoms with E-state index in [1.54, 1.807) is 31.2 Å². The molecule has 0 N–H and O–H groups in total. The number of halogens is 1. The molecule has 1 aromatic rings. The topological polar surface area (TPSA) is 50.1 Å². The predicted molar refractivity (Wildman–Crippen MR) is 61.7 cm³/mol. The molecule has 0 amide bonds. The highest BCUT2D eigenvalue weighted by atomic mass is 35.5. The molecule has 0 heterocycles. The first kappa shape index (κ1) is 12.3. The Morgan fingerprint density at radius 2 is 2.25 bits per heavy atom. The number of ether oxygens (including phenoxy) is 1. The quantitative estimate of drug-likeness (QED) is 0.460. The molecule has 4 heteroatoms. The minimum Gasteiger partial charge on any atom is -0.463 e. The Balaban J connectivity index is 3.05. The van der Waals surface area contributed by atoms with Crippen molar-refractivity contribution >= 4 is 23.1 Å². The Morgan fingerprint density at radius 3 is 2.81 bits per heavy atom. The third-order valence-electron chi connectivity index (χ3n) is 1.83. The molecule has 0 aromatic heterocycles. The molecule has 0 aliphatic rings. The van der Waals surface area contributed by atoms with Crippen LogP contribution in [0.3, 0.4) is 0 Å². The van der Waals surface area contributed by atoms with Gasteiger partial charge in [-0.1, -0.05) is 29.8 Å². The van der Waals surface area contributed by atoms with Gasteiger partial charge in [0, 0.05) is 16.7 Å². The maximum Gasteiger partial charge on any atom is 0.332 e. The van der Waals surface area contributed by atoms with Crippen molar-refractivity contribution in [1.82, 2.24) is 0 Å². The van der Waals surface area contributed by atoms with Crippen LogP contribution < -0.4 is 0 Å². The van der Waals surface area contributed by atoms with Crippen molar-refractivity contribution < 1.29 is 9.53 Å². The fraction of sp³-hybridized carbons (Fsp3) is 0.167. The molecule has 0 atom stereocenters. The van der Waals surface area contributed by atoms with E-state index in [0.29, 0.717) is 10.6 Å². The Morgan fingerprint density at radius 1 is 1.56 bits per heavy atom. The first-order valence-electron chi connectivity index (χ1n) is 4.72. The second kappa shape index (κ2) is 5.94. The fourth-order valence-electron chi connectivity index (χ4n) is 1.15. The van der Waals surface area contributed by atoms with Crippen LogP contribution in [0.5, 0.6) is 0 Å². The minimum atomic E-state index is -0.543. The predicted octanol–water partition coefficient (Wildman–Crippen LogP) is 2.81. The monoisotopic (exact) mass is 235 g/mol. The highest BCUT2D eigenvalue weighted by Gasteiger charge is 2.07. The Kier molecular flexibility index (Phi) is 4.56. The van der Waals surface area contributed by atoms with Gasteiger partial charge in [0.2, 0.25) is 0 Å². The average Bonchev–Trinajstić information content (AvgIpc) is 2.27. The van der Waals surface area contributed by atoms with Crippen LogP contribution in [-0.2, 0) is 9.53 Å². The molecular formula is C12H10ClNO2. The van der Waals surface area contributed by atoms with Crippen LogP contribution in [0.2, 0.25) is 5.02 Å². The van der Waals surface area contributed by atoms with Crippen molar-refractivity contribution in [2.24, 2.45) is 0 Å². The van der Waals surface area contributed by atoms with Gasteiger partial charge >= 0.3 is 5.97 Å². The van der Waals surface area contributed by atoms with Gasteiger partial charge in [-0.15, -0.1) is 0 Å². The van der Waals surface area contributed by atoms with Crippen molar-refractivity contribution in [3.05, 3.63) is 40.9 Å². The average molecular weight is 236 g/mol. The summed E-state index contributed by atoms with van der Waals surface area (Å²) >= 11 is 5.91. The molecule has 1 rings (SSSR count). The van der Waals surface area contributed by atoms with E-state index in [1.165, 1.54) is 0 Å². The maximum absolute atomic E-state index is 11.2. The molecule has 0 fully saturated rings. The molecule has 0 spiro atoms. The SMILES string of the molecule is CCOC(=O)C=C(C#N)c1ccccc1Cl. The number of hydrogen-bond acceptors (Lipinski definition) is 3. The lowest BCUT2D eigenvalue weighted by atomic mass is 10.1. The van der Waals surface area contributed by atoms with Crippen LogP contribution in [0, 0.1) is 11.3 Å². The molecule has 0 aliphatic carbocycles. The summed E-state index contributed by atoms with van der Waals surface area (Å²) in [6.07, 6.45) is 1.14. The number of nitriles is 1. The lowest BCUT2D eigenvalue weighted by Gasteiger charge is -2.01. The molecule has 82 valence electrons. The lowest BCUT2D eigenvalue weighted by molar-refractivity contribution is -0.137. The van der Waals surface area contributed by atoms with Gasteiger partial charge in [-0.3, -0.25) is 0 Å². The summed E-state index contributed by atoms with van der Waals surface area (Å²) in [4.78, 5) is 11.2. The smallest absolute Gasteiger partial charge is 0.332 e. The number of carbonyl (C=O) groups excluding carboxylic acids is 1. The molecule has 3 nitrogen and oxygen atoms in total. The molecule has 0 bridgehead atoms. The summed E-state index contributed by atoms with van der Waals surface area (Å²) in [7, 11) is 0. The van der Waals surface area contributed by atoms with Crippen LogP contribution in [0.15, 0.2) is 30.3 Å². The molecular weight excluding hydrogens is 226 g/mol. The number of esters is 1. The molecule has 0 saturated carbocycles. The van der Waals surface area contributed by atoms with Gasteiger partial charge in [-0.2, -0.15) is 5.26 Å². The number of rotatable bonds is 3. The van der Waals surface area contributed by atoms with E-state index in [0.717, 1.165) is 6.08 Å². The van der Waals surface area contributed by atoms with E-state index in [2.05, 4.69) is 0 Å². The Bertz CT molecular complexity index is 460. The van der Waals surface area contributed by atoms with E-state index >= 15 is 0 Å². The van der Waals surface area contributed by atoms with Crippen LogP contribution in [-0.4, -0.2) is 12.6 Å². The van der Waals surface area contributed by atoms with Gasteiger partial charge in [0.25, 0.3) is 0 Å². The summed E-state index contributed by atoms with van der Waals surface area (Å²) in [5, 5.41) is 9.37. The third-order valence-corrected chi connectivity index (χ3v) is 2.16. The van der Waals surface area contributed by atoms with Crippen molar-refractivity contribution in [2.45, 2.75) is 6.92 Å². The molecule has 0 saturated heterocycles. The third kappa shape index (κ3) is 3.11. The van der Waals surface area contributed by atoms with E-state index < -0.39 is 5.97 Å². The van der Waals surface area contributed by atoms with E-state index in [1.807, 2.05) is 6.07 Å². The van der Waals surface area contributed by atoms with Gasteiger partial charge < -0.3 is 4.74 Å². The second-order valence-corrected chi connectivity index (χ2v) is 3.31. The zero-order chi connectivity index (χ0) is 12.0. The van der Waals surface area contributed by atoms with Gasteiger partial charge in [-0.05, 0) is 13.0 Å². The summed E-state index contributed by atoms with van der Waals surface area (Å²) in [6, 6.07) is 8.76. The van der Waals surface area contributed by atoms with Crippen LogP contribution in [0.4, 0.5) is 0 Å². The highest BCUT2D eigenvalue weighted by molar-refractivity contribution is 6.32. The Labute approximate surface area is 98.9 Å². The van der Waals surface area contributed by atoms with E-state index in [9.17, 15) is 4.79 Å². The van der Waals surface area contributed by atoms with Crippen molar-refractivity contribution in [3.63, 3.8) is 0 Å². The fourth-order valence-corrected chi connectivity index (χ4v) is 1.39. The van der Waals surface area contributed by atoms with Crippen molar-refractivity contribution in [2.75, 3.05) is 6.61 Å². The summed E-state index contributed by atoms with van der Waals surface area (Å²) < 4.78 is 4.73. The van der Waals surface area contributed by atoms with Crippen molar-refractivity contribution in [3.8, 4) is 6.07 Å². The number of allylic oxidation sites excluding steroid dienone is 1. The highest BCUT2D eigenvalue weighted by Crippen LogP contribution is 2.22. The van der Waals surface area contributed by atoms with Crippen LogP contribution in [0.25, 0.3) is 5.57 Å². The van der Waals surface area contributed by atoms with Crippen LogP contribution in [0.1, 0.15) is 12.5 Å². The number of benzene rings is 1. The Hall–Kier alpha value is -1.79. The molecule has 0 unspecified atom stereocenters. The van der Waals surface area contributed by atoms with Crippen molar-refractivity contribution in [1.29, 1.82) is 5.26 Å². The zero-order valence-electron chi connectivity index (χ0n) is 8.74. The van der Waals surface area contributed by atoms with Gasteiger partial charge in [-0.25, -0.2) is 4.79 Å². The van der Waals surface area contributed by atoms with E-state index in [-0.39, 0.29) is 12.2 Å². The van der Waals surface area contributed by atoms with Crippen LogP contribution >= 0.6 is 11.6 Å². The molecule has 0 radical (unpaired) electrons. The van der Waals surface area contributed by atoms with Gasteiger partial charge in [0.15, 0.2) is 0 Å². The van der Waals surface area contributed by atoms with Gasteiger partial charge in [0.1, 0.15) is 6.07 Å². The normalized spacial score (nSPS) is 10.7. The molecule has 0 aliphatic heterocycles. The van der Waals surface area contributed by atoms with Gasteiger partial charge in [0.05, 0.1) is 12.2 Å². The minimum absolute atomic E-state index is 0.198. The zero-order valence-corrected chi connectivity index (χ0v) is 9.49. The number of hydrogen-bond donors (Lipinski definition) is 0. The number of carbonyl (C=O) groups is 1. The largest absolute Gasteiger partial charge is 0.463 e. The summed E-state index contributed by atoms with van der Waals surface area (Å²) in [5.74, 6) is -0.543. The second-order valence-electron chi connectivity index (χ2n) is 2.90. The first-order chi connectivity index (χ1) is 7.69. The number of nitrogens with zero attached hydrogens (tertiary/aromatic N) is 1. The summed E-state index contributed by atoms with van der Waals surface area (Å²) in [5.41, 5.74) is 0.726. The first-order valence-corrected chi connectivity index (χ1v) is 5.10. The van der Waals surface area contributed by atoms with E-state index in [4.69, 9.17) is 21.6 Å². The maximum atomic E-state index is 11.2. The molecule has 1 aromatic carbocycles. The molecule has 16 heavy (non-hydrogen) atoms. The lowest BCUT2D eigenvalue weighted by Crippen LogP contribution is -2.00. The standard InChI is InChI=1S/C12H10ClNO2/c1-2-16-12(15)7-9(8-14)10-5-3-4-6-11(10)13/h3-7H,2H2,1H3.